The first-order chi connectivity index (χ1) is 6.33. The zero-order valence-electron chi connectivity index (χ0n) is 7.96. The van der Waals surface area contributed by atoms with Gasteiger partial charge in [-0.15, -0.1) is 6.58 Å². The first kappa shape index (κ1) is 9.59. The van der Waals surface area contributed by atoms with E-state index < -0.39 is 0 Å². The molecule has 0 saturated carbocycles. The first-order valence-electron chi connectivity index (χ1n) is 4.41. The van der Waals surface area contributed by atoms with Crippen molar-refractivity contribution in [2.45, 2.75) is 6.92 Å². The molecular weight excluding hydrogens is 158 g/mol. The molecule has 1 nitrogen and oxygen atoms in total. The highest BCUT2D eigenvalue weighted by atomic mass is 14.9. The van der Waals surface area contributed by atoms with Crippen molar-refractivity contribution in [3.05, 3.63) is 54.2 Å². The van der Waals surface area contributed by atoms with Gasteiger partial charge in [0.1, 0.15) is 0 Å². The molecule has 0 radical (unpaired) electrons. The number of rotatable bonds is 4. The SMILES string of the molecule is C=CCNC(C)=Cc1ccccc1. The molecule has 0 aliphatic rings. The van der Waals surface area contributed by atoms with Crippen molar-refractivity contribution in [2.24, 2.45) is 0 Å². The van der Waals surface area contributed by atoms with E-state index in [1.54, 1.807) is 0 Å². The summed E-state index contributed by atoms with van der Waals surface area (Å²) in [7, 11) is 0. The second-order valence-electron chi connectivity index (χ2n) is 2.91. The molecule has 0 atom stereocenters. The van der Waals surface area contributed by atoms with Gasteiger partial charge >= 0.3 is 0 Å². The lowest BCUT2D eigenvalue weighted by Crippen LogP contribution is -2.09. The Morgan fingerprint density at radius 2 is 2.08 bits per heavy atom. The normalized spacial score (nSPS) is 11.0. The fourth-order valence-electron chi connectivity index (χ4n) is 1.08. The van der Waals surface area contributed by atoms with Crippen LogP contribution in [0.1, 0.15) is 12.5 Å². The van der Waals surface area contributed by atoms with Crippen molar-refractivity contribution in [1.29, 1.82) is 0 Å². The minimum atomic E-state index is 0.815. The molecule has 13 heavy (non-hydrogen) atoms. The van der Waals surface area contributed by atoms with Gasteiger partial charge in [-0.25, -0.2) is 0 Å². The number of nitrogens with one attached hydrogen (secondary N) is 1. The van der Waals surface area contributed by atoms with E-state index in [0.29, 0.717) is 0 Å². The van der Waals surface area contributed by atoms with Crippen LogP contribution in [0.15, 0.2) is 48.7 Å². The molecule has 1 aromatic rings. The predicted octanol–water partition coefficient (Wildman–Crippen LogP) is 2.82. The lowest BCUT2D eigenvalue weighted by molar-refractivity contribution is 0.915. The Balaban J connectivity index is 2.60. The van der Waals surface area contributed by atoms with E-state index in [2.05, 4.69) is 37.0 Å². The number of allylic oxidation sites excluding steroid dienone is 1. The zero-order valence-corrected chi connectivity index (χ0v) is 7.96. The number of benzene rings is 1. The van der Waals surface area contributed by atoms with Gasteiger partial charge in [-0.1, -0.05) is 36.4 Å². The molecule has 68 valence electrons. The topological polar surface area (TPSA) is 12.0 Å². The molecule has 0 unspecified atom stereocenters. The van der Waals surface area contributed by atoms with E-state index in [-0.39, 0.29) is 0 Å². The van der Waals surface area contributed by atoms with Crippen molar-refractivity contribution in [3.8, 4) is 0 Å². The molecule has 0 bridgehead atoms. The van der Waals surface area contributed by atoms with E-state index in [1.807, 2.05) is 24.3 Å². The zero-order chi connectivity index (χ0) is 9.52. The maximum absolute atomic E-state index is 3.65. The minimum Gasteiger partial charge on any atom is -0.385 e. The molecule has 0 fully saturated rings. The molecule has 0 saturated heterocycles. The second-order valence-corrected chi connectivity index (χ2v) is 2.91. The van der Waals surface area contributed by atoms with Crippen LogP contribution in [-0.4, -0.2) is 6.54 Å². The van der Waals surface area contributed by atoms with Crippen LogP contribution in [0.5, 0.6) is 0 Å². The van der Waals surface area contributed by atoms with Crippen molar-refractivity contribution >= 4 is 6.08 Å². The molecule has 1 rings (SSSR count). The summed E-state index contributed by atoms with van der Waals surface area (Å²) in [6, 6.07) is 10.3. The van der Waals surface area contributed by atoms with Gasteiger partial charge in [0.2, 0.25) is 0 Å². The highest BCUT2D eigenvalue weighted by Gasteiger charge is 1.87. The molecule has 0 amide bonds. The van der Waals surface area contributed by atoms with Crippen molar-refractivity contribution in [1.82, 2.24) is 5.32 Å². The average molecular weight is 173 g/mol. The van der Waals surface area contributed by atoms with Gasteiger partial charge < -0.3 is 5.32 Å². The molecule has 1 heteroatoms. The van der Waals surface area contributed by atoms with Gasteiger partial charge in [-0.2, -0.15) is 0 Å². The Bertz CT molecular complexity index is 285. The highest BCUT2D eigenvalue weighted by Crippen LogP contribution is 2.03. The van der Waals surface area contributed by atoms with Crippen LogP contribution in [0.4, 0.5) is 0 Å². The van der Waals surface area contributed by atoms with E-state index in [4.69, 9.17) is 0 Å². The van der Waals surface area contributed by atoms with Gasteiger partial charge in [0.05, 0.1) is 0 Å². The molecule has 0 aromatic heterocycles. The first-order valence-corrected chi connectivity index (χ1v) is 4.41. The third-order valence-electron chi connectivity index (χ3n) is 1.71. The minimum absolute atomic E-state index is 0.815. The Morgan fingerprint density at radius 3 is 2.69 bits per heavy atom. The van der Waals surface area contributed by atoms with Crippen LogP contribution >= 0.6 is 0 Å². The van der Waals surface area contributed by atoms with Crippen LogP contribution in [-0.2, 0) is 0 Å². The van der Waals surface area contributed by atoms with Gasteiger partial charge in [0.15, 0.2) is 0 Å². The van der Waals surface area contributed by atoms with Crippen molar-refractivity contribution < 1.29 is 0 Å². The summed E-state index contributed by atoms with van der Waals surface area (Å²) < 4.78 is 0. The lowest BCUT2D eigenvalue weighted by Gasteiger charge is -2.02. The summed E-state index contributed by atoms with van der Waals surface area (Å²) in [5.74, 6) is 0. The third kappa shape index (κ3) is 3.61. The number of hydrogen-bond acceptors (Lipinski definition) is 1. The summed E-state index contributed by atoms with van der Waals surface area (Å²) in [5, 5.41) is 3.22. The Morgan fingerprint density at radius 1 is 1.38 bits per heavy atom. The molecule has 1 N–H and O–H groups in total. The van der Waals surface area contributed by atoms with Gasteiger partial charge in [0, 0.05) is 12.2 Å². The van der Waals surface area contributed by atoms with Crippen LogP contribution in [0.3, 0.4) is 0 Å². The van der Waals surface area contributed by atoms with Crippen LogP contribution in [0, 0.1) is 0 Å². The fraction of sp³-hybridized carbons (Fsp3) is 0.167. The third-order valence-corrected chi connectivity index (χ3v) is 1.71. The van der Waals surface area contributed by atoms with E-state index in [9.17, 15) is 0 Å². The Hall–Kier alpha value is -1.50. The quantitative estimate of drug-likeness (QED) is 0.690. The summed E-state index contributed by atoms with van der Waals surface area (Å²) in [6.07, 6.45) is 3.96. The van der Waals surface area contributed by atoms with E-state index in [1.165, 1.54) is 5.56 Å². The lowest BCUT2D eigenvalue weighted by atomic mass is 10.2. The molecule has 0 spiro atoms. The molecule has 1 aromatic carbocycles. The van der Waals surface area contributed by atoms with Gasteiger partial charge in [0.25, 0.3) is 0 Å². The molecule has 0 heterocycles. The monoisotopic (exact) mass is 173 g/mol. The summed E-state index contributed by atoms with van der Waals surface area (Å²) in [5.41, 5.74) is 2.38. The predicted molar refractivity (Wildman–Crippen MR) is 58.3 cm³/mol. The standard InChI is InChI=1S/C12H15N/c1-3-9-13-11(2)10-12-7-5-4-6-8-12/h3-8,10,13H,1,9H2,2H3. The highest BCUT2D eigenvalue weighted by molar-refractivity contribution is 5.51. The van der Waals surface area contributed by atoms with Gasteiger partial charge in [-0.3, -0.25) is 0 Å². The van der Waals surface area contributed by atoms with E-state index in [0.717, 1.165) is 12.2 Å². The molecule has 0 aliphatic carbocycles. The second kappa shape index (κ2) is 5.20. The Kier molecular flexibility index (Phi) is 3.83. The fourth-order valence-corrected chi connectivity index (χ4v) is 1.08. The smallest absolute Gasteiger partial charge is 0.0325 e. The van der Waals surface area contributed by atoms with Crippen LogP contribution in [0.2, 0.25) is 0 Å². The molecular formula is C12H15N. The van der Waals surface area contributed by atoms with E-state index >= 15 is 0 Å². The van der Waals surface area contributed by atoms with Crippen LogP contribution in [0.25, 0.3) is 6.08 Å². The maximum Gasteiger partial charge on any atom is 0.0325 e. The van der Waals surface area contributed by atoms with Crippen molar-refractivity contribution in [3.63, 3.8) is 0 Å². The number of hydrogen-bond donors (Lipinski definition) is 1. The summed E-state index contributed by atoms with van der Waals surface area (Å²) in [4.78, 5) is 0. The summed E-state index contributed by atoms with van der Waals surface area (Å²) in [6.45, 7) is 6.52. The largest absolute Gasteiger partial charge is 0.385 e. The Labute approximate surface area is 79.8 Å². The van der Waals surface area contributed by atoms with Crippen LogP contribution < -0.4 is 5.32 Å². The maximum atomic E-state index is 3.65. The summed E-state index contributed by atoms with van der Waals surface area (Å²) >= 11 is 0. The van der Waals surface area contributed by atoms with Crippen molar-refractivity contribution in [2.75, 3.05) is 6.54 Å². The average Bonchev–Trinajstić information content (AvgIpc) is 2.16. The molecule has 0 aliphatic heterocycles. The van der Waals surface area contributed by atoms with Gasteiger partial charge in [-0.05, 0) is 18.6 Å².